The zero-order chi connectivity index (χ0) is 23.8. The summed E-state index contributed by atoms with van der Waals surface area (Å²) in [7, 11) is 1.60. The zero-order valence-electron chi connectivity index (χ0n) is 18.9. The summed E-state index contributed by atoms with van der Waals surface area (Å²) in [5.74, 6) is -1.23. The van der Waals surface area contributed by atoms with E-state index >= 15 is 0 Å². The minimum atomic E-state index is -1.23. The van der Waals surface area contributed by atoms with Crippen LogP contribution in [0.2, 0.25) is 5.02 Å². The van der Waals surface area contributed by atoms with E-state index in [1.165, 1.54) is 4.57 Å². The average molecular weight is 476 g/mol. The van der Waals surface area contributed by atoms with Crippen molar-refractivity contribution in [2.45, 2.75) is 25.4 Å². The fraction of sp³-hybridized carbons (Fsp3) is 0.259. The molecule has 174 valence electrons. The van der Waals surface area contributed by atoms with Gasteiger partial charge in [-0.3, -0.25) is 4.79 Å². The van der Waals surface area contributed by atoms with Gasteiger partial charge < -0.3 is 19.9 Å². The number of fused-ring (bicyclic) bond motifs is 2. The summed E-state index contributed by atoms with van der Waals surface area (Å²) in [6, 6.07) is 19.8. The van der Waals surface area contributed by atoms with Gasteiger partial charge in [-0.15, -0.1) is 0 Å². The quantitative estimate of drug-likeness (QED) is 0.433. The molecule has 0 bridgehead atoms. The number of aromatic carboxylic acids is 1. The summed E-state index contributed by atoms with van der Waals surface area (Å²) in [4.78, 5) is 27.8. The number of nitrogens with one attached hydrogen (secondary N) is 1. The maximum Gasteiger partial charge on any atom is 0.343 e. The molecule has 0 atom stereocenters. The van der Waals surface area contributed by atoms with Gasteiger partial charge in [0, 0.05) is 30.0 Å². The number of carbonyl (C=O) groups is 1. The number of carboxylic acid groups (broad SMARTS) is 1. The number of anilines is 1. The van der Waals surface area contributed by atoms with E-state index in [1.807, 2.05) is 12.1 Å². The molecule has 0 aliphatic carbocycles. The van der Waals surface area contributed by atoms with E-state index in [0.717, 1.165) is 42.3 Å². The lowest BCUT2D eigenvalue weighted by molar-refractivity contribution is 0.0695. The zero-order valence-corrected chi connectivity index (χ0v) is 19.7. The van der Waals surface area contributed by atoms with Gasteiger partial charge in [0.1, 0.15) is 5.56 Å². The molecule has 5 rings (SSSR count). The molecule has 1 aliphatic heterocycles. The number of halogens is 1. The van der Waals surface area contributed by atoms with Crippen LogP contribution in [0.15, 0.2) is 65.5 Å². The van der Waals surface area contributed by atoms with Gasteiger partial charge in [0.25, 0.3) is 5.56 Å². The SMILES string of the molecule is Cn1c(=O)c(C(=O)O)c(N(Cc2ccc3ccccc3c2)C2CCNCC2)c2cc(Cl)ccc21. The summed E-state index contributed by atoms with van der Waals surface area (Å²) in [6.07, 6.45) is 1.70. The Bertz CT molecular complexity index is 1460. The van der Waals surface area contributed by atoms with Gasteiger partial charge in [0.2, 0.25) is 0 Å². The van der Waals surface area contributed by atoms with Crippen LogP contribution >= 0.6 is 11.6 Å². The Balaban J connectivity index is 1.75. The van der Waals surface area contributed by atoms with Crippen molar-refractivity contribution in [1.29, 1.82) is 0 Å². The van der Waals surface area contributed by atoms with Crippen LogP contribution in [0.25, 0.3) is 21.7 Å². The summed E-state index contributed by atoms with van der Waals surface area (Å²) >= 11 is 6.37. The van der Waals surface area contributed by atoms with E-state index < -0.39 is 11.5 Å². The molecular formula is C27H26ClN3O3. The van der Waals surface area contributed by atoms with Crippen LogP contribution in [-0.4, -0.2) is 34.8 Å². The third kappa shape index (κ3) is 4.04. The van der Waals surface area contributed by atoms with Gasteiger partial charge >= 0.3 is 5.97 Å². The molecule has 0 unspecified atom stereocenters. The summed E-state index contributed by atoms with van der Waals surface area (Å²) in [6.45, 7) is 2.17. The smallest absolute Gasteiger partial charge is 0.343 e. The number of carboxylic acids is 1. The fourth-order valence-corrected chi connectivity index (χ4v) is 5.21. The van der Waals surface area contributed by atoms with Gasteiger partial charge in [-0.2, -0.15) is 0 Å². The Kier molecular flexibility index (Phi) is 6.02. The van der Waals surface area contributed by atoms with Crippen molar-refractivity contribution in [2.75, 3.05) is 18.0 Å². The number of piperidine rings is 1. The predicted molar refractivity (Wildman–Crippen MR) is 137 cm³/mol. The highest BCUT2D eigenvalue weighted by molar-refractivity contribution is 6.31. The Morgan fingerprint density at radius 3 is 2.56 bits per heavy atom. The van der Waals surface area contributed by atoms with Gasteiger partial charge in [-0.25, -0.2) is 4.79 Å². The van der Waals surface area contributed by atoms with E-state index in [2.05, 4.69) is 40.5 Å². The van der Waals surface area contributed by atoms with Crippen molar-refractivity contribution in [1.82, 2.24) is 9.88 Å². The van der Waals surface area contributed by atoms with Crippen LogP contribution in [0.4, 0.5) is 5.69 Å². The molecule has 1 aromatic heterocycles. The van der Waals surface area contributed by atoms with Crippen molar-refractivity contribution in [2.24, 2.45) is 7.05 Å². The normalized spacial score (nSPS) is 14.5. The van der Waals surface area contributed by atoms with Gasteiger partial charge in [0.05, 0.1) is 11.2 Å². The van der Waals surface area contributed by atoms with Crippen LogP contribution < -0.4 is 15.8 Å². The Hall–Kier alpha value is -3.35. The van der Waals surface area contributed by atoms with E-state index in [0.29, 0.717) is 28.2 Å². The molecule has 0 saturated carbocycles. The molecule has 7 heteroatoms. The second-order valence-electron chi connectivity index (χ2n) is 8.84. The molecule has 0 radical (unpaired) electrons. The van der Waals surface area contributed by atoms with Crippen LogP contribution in [0.1, 0.15) is 28.8 Å². The highest BCUT2D eigenvalue weighted by Crippen LogP contribution is 2.35. The molecule has 4 aromatic rings. The molecule has 2 heterocycles. The molecule has 0 amide bonds. The van der Waals surface area contributed by atoms with E-state index in [-0.39, 0.29) is 11.6 Å². The minimum Gasteiger partial charge on any atom is -0.477 e. The lowest BCUT2D eigenvalue weighted by Gasteiger charge is -2.38. The first-order chi connectivity index (χ1) is 16.4. The molecule has 0 spiro atoms. The highest BCUT2D eigenvalue weighted by atomic mass is 35.5. The first kappa shape index (κ1) is 22.4. The lowest BCUT2D eigenvalue weighted by Crippen LogP contribution is -2.44. The Labute approximate surface area is 202 Å². The van der Waals surface area contributed by atoms with Crippen molar-refractivity contribution in [3.05, 3.63) is 87.2 Å². The second kappa shape index (κ2) is 9.12. The fourth-order valence-electron chi connectivity index (χ4n) is 5.04. The molecule has 1 saturated heterocycles. The van der Waals surface area contributed by atoms with Crippen molar-refractivity contribution >= 4 is 44.9 Å². The van der Waals surface area contributed by atoms with Crippen LogP contribution in [-0.2, 0) is 13.6 Å². The number of aryl methyl sites for hydroxylation is 1. The molecule has 6 nitrogen and oxygen atoms in total. The van der Waals surface area contributed by atoms with Gasteiger partial charge in [0.15, 0.2) is 0 Å². The average Bonchev–Trinajstić information content (AvgIpc) is 2.85. The van der Waals surface area contributed by atoms with Crippen molar-refractivity contribution < 1.29 is 9.90 Å². The lowest BCUT2D eigenvalue weighted by atomic mass is 9.98. The van der Waals surface area contributed by atoms with E-state index in [1.54, 1.807) is 25.2 Å². The van der Waals surface area contributed by atoms with Crippen molar-refractivity contribution in [3.63, 3.8) is 0 Å². The minimum absolute atomic E-state index is 0.0834. The standard InChI is InChI=1S/C27H26ClN3O3/c1-30-23-9-8-20(28)15-22(23)25(24(26(30)32)27(33)34)31(21-10-12-29-13-11-21)16-17-6-7-18-4-2-3-5-19(18)14-17/h2-9,14-15,21,29H,10-13,16H2,1H3,(H,33,34). The highest BCUT2D eigenvalue weighted by Gasteiger charge is 2.30. The van der Waals surface area contributed by atoms with Crippen LogP contribution in [0, 0.1) is 0 Å². The first-order valence-corrected chi connectivity index (χ1v) is 11.8. The number of nitrogens with zero attached hydrogens (tertiary/aromatic N) is 2. The topological polar surface area (TPSA) is 74.6 Å². The maximum atomic E-state index is 13.3. The van der Waals surface area contributed by atoms with Gasteiger partial charge in [-0.05, 0) is 66.5 Å². The number of pyridine rings is 1. The molecule has 34 heavy (non-hydrogen) atoms. The van der Waals surface area contributed by atoms with Crippen LogP contribution in [0.5, 0.6) is 0 Å². The van der Waals surface area contributed by atoms with E-state index in [9.17, 15) is 14.7 Å². The monoisotopic (exact) mass is 475 g/mol. The molecule has 2 N–H and O–H groups in total. The largest absolute Gasteiger partial charge is 0.477 e. The third-order valence-corrected chi connectivity index (χ3v) is 6.98. The molecule has 3 aromatic carbocycles. The van der Waals surface area contributed by atoms with Gasteiger partial charge in [-0.1, -0.05) is 48.0 Å². The first-order valence-electron chi connectivity index (χ1n) is 11.4. The van der Waals surface area contributed by atoms with Crippen molar-refractivity contribution in [3.8, 4) is 0 Å². The number of hydrogen-bond donors (Lipinski definition) is 2. The number of benzene rings is 3. The number of hydrogen-bond acceptors (Lipinski definition) is 4. The summed E-state index contributed by atoms with van der Waals surface area (Å²) in [5, 5.41) is 17.0. The number of aromatic nitrogens is 1. The second-order valence-corrected chi connectivity index (χ2v) is 9.28. The molecule has 1 aliphatic rings. The number of rotatable bonds is 5. The summed E-state index contributed by atoms with van der Waals surface area (Å²) in [5.41, 5.74) is 1.44. The Morgan fingerprint density at radius 2 is 1.82 bits per heavy atom. The summed E-state index contributed by atoms with van der Waals surface area (Å²) < 4.78 is 1.40. The molecular weight excluding hydrogens is 450 g/mol. The predicted octanol–water partition coefficient (Wildman–Crippen LogP) is 4.80. The Morgan fingerprint density at radius 1 is 1.09 bits per heavy atom. The molecule has 1 fully saturated rings. The van der Waals surface area contributed by atoms with E-state index in [4.69, 9.17) is 11.6 Å². The van der Waals surface area contributed by atoms with Crippen LogP contribution in [0.3, 0.4) is 0 Å². The third-order valence-electron chi connectivity index (χ3n) is 6.75. The maximum absolute atomic E-state index is 13.3.